The van der Waals surface area contributed by atoms with E-state index in [2.05, 4.69) is 10.0 Å². The van der Waals surface area contributed by atoms with E-state index in [1.54, 1.807) is 12.1 Å². The minimum Gasteiger partial charge on any atom is -0.507 e. The van der Waals surface area contributed by atoms with Crippen molar-refractivity contribution in [2.24, 2.45) is 0 Å². The maximum atomic E-state index is 12.7. The highest BCUT2D eigenvalue weighted by Crippen LogP contribution is 2.22. The van der Waals surface area contributed by atoms with Gasteiger partial charge in [0.25, 0.3) is 5.91 Å². The lowest BCUT2D eigenvalue weighted by Gasteiger charge is -2.16. The molecule has 0 radical (unpaired) electrons. The lowest BCUT2D eigenvalue weighted by Crippen LogP contribution is -2.43. The fourth-order valence-corrected chi connectivity index (χ4v) is 5.83. The van der Waals surface area contributed by atoms with Gasteiger partial charge in [0.15, 0.2) is 5.78 Å². The van der Waals surface area contributed by atoms with Crippen molar-refractivity contribution in [3.05, 3.63) is 94.0 Å². The number of aromatic carboxylic acids is 1. The highest BCUT2D eigenvalue weighted by Gasteiger charge is 2.24. The Bertz CT molecular complexity index is 1560. The summed E-state index contributed by atoms with van der Waals surface area (Å²) in [7, 11) is -4.13. The Labute approximate surface area is 244 Å². The number of Topliss-reactive ketones (excluding diaryl/α,β-unsaturated/α-hetero) is 1. The molecule has 14 heteroatoms. The monoisotopic (exact) mass is 620 g/mol. The Hall–Kier alpha value is -3.91. The van der Waals surface area contributed by atoms with Crippen molar-refractivity contribution in [2.45, 2.75) is 29.7 Å². The zero-order valence-corrected chi connectivity index (χ0v) is 23.6. The van der Waals surface area contributed by atoms with E-state index < -0.39 is 57.4 Å². The van der Waals surface area contributed by atoms with E-state index in [9.17, 15) is 37.8 Å². The standard InChI is InChI=1S/C27H25ClN2O9S2/c28-21-4-2-1-3-18(21)14-40-15-24(32)22(12-25(33)34)30-26(35)17-7-5-16(6-8-17)13-29-41(38,39)19-9-10-23(31)20(11-19)27(36)37/h1-11,22,29,31H,12-15H2,(H,30,35)(H,33,34)(H,36,37)/t22-/m0/s1. The Kier molecular flexibility index (Phi) is 10.9. The normalized spacial score (nSPS) is 11.9. The molecule has 0 heterocycles. The number of ketones is 1. The van der Waals surface area contributed by atoms with E-state index >= 15 is 0 Å². The van der Waals surface area contributed by atoms with Crippen LogP contribution in [0.5, 0.6) is 5.75 Å². The molecule has 3 rings (SSSR count). The van der Waals surface area contributed by atoms with Crippen molar-refractivity contribution < 1.29 is 42.9 Å². The number of benzene rings is 3. The van der Waals surface area contributed by atoms with Gasteiger partial charge in [-0.3, -0.25) is 14.4 Å². The Morgan fingerprint density at radius 1 is 0.951 bits per heavy atom. The zero-order chi connectivity index (χ0) is 30.2. The molecule has 1 atom stereocenters. The summed E-state index contributed by atoms with van der Waals surface area (Å²) >= 11 is 7.36. The van der Waals surface area contributed by atoms with Gasteiger partial charge < -0.3 is 20.6 Å². The Balaban J connectivity index is 1.60. The van der Waals surface area contributed by atoms with Gasteiger partial charge in [-0.25, -0.2) is 17.9 Å². The molecular weight excluding hydrogens is 596 g/mol. The molecule has 0 aliphatic heterocycles. The molecule has 0 aliphatic carbocycles. The number of carbonyl (C=O) groups excluding carboxylic acids is 2. The van der Waals surface area contributed by atoms with E-state index in [0.717, 1.165) is 23.8 Å². The number of sulfonamides is 1. The summed E-state index contributed by atoms with van der Waals surface area (Å²) in [6, 6.07) is 14.4. The van der Waals surface area contributed by atoms with Gasteiger partial charge in [-0.1, -0.05) is 41.9 Å². The number of hydrogen-bond acceptors (Lipinski definition) is 8. The fourth-order valence-electron chi connectivity index (χ4n) is 3.53. The van der Waals surface area contributed by atoms with Crippen LogP contribution in [0.4, 0.5) is 0 Å². The summed E-state index contributed by atoms with van der Waals surface area (Å²) in [5, 5.41) is 30.9. The minimum absolute atomic E-state index is 0.0441. The molecule has 0 unspecified atom stereocenters. The molecular formula is C27H25ClN2O9S2. The van der Waals surface area contributed by atoms with E-state index in [1.807, 2.05) is 12.1 Å². The first-order valence-corrected chi connectivity index (χ1v) is 14.9. The molecule has 11 nitrogen and oxygen atoms in total. The lowest BCUT2D eigenvalue weighted by molar-refractivity contribution is -0.139. The second-order valence-electron chi connectivity index (χ2n) is 8.68. The first kappa shape index (κ1) is 31.6. The maximum absolute atomic E-state index is 12.7. The van der Waals surface area contributed by atoms with E-state index in [-0.39, 0.29) is 22.8 Å². The van der Waals surface area contributed by atoms with Crippen LogP contribution in [0.15, 0.2) is 71.6 Å². The minimum atomic E-state index is -4.13. The first-order chi connectivity index (χ1) is 19.4. The van der Waals surface area contributed by atoms with Gasteiger partial charge in [0.1, 0.15) is 11.3 Å². The number of aliphatic carboxylic acids is 1. The highest BCUT2D eigenvalue weighted by molar-refractivity contribution is 7.99. The van der Waals surface area contributed by atoms with Crippen LogP contribution in [-0.4, -0.2) is 59.2 Å². The molecule has 0 spiro atoms. The maximum Gasteiger partial charge on any atom is 0.339 e. The number of rotatable bonds is 14. The van der Waals surface area contributed by atoms with E-state index in [0.29, 0.717) is 16.3 Å². The predicted octanol–water partition coefficient (Wildman–Crippen LogP) is 3.30. The van der Waals surface area contributed by atoms with Gasteiger partial charge in [-0.15, -0.1) is 11.8 Å². The van der Waals surface area contributed by atoms with Gasteiger partial charge in [-0.05, 0) is 47.5 Å². The summed E-state index contributed by atoms with van der Waals surface area (Å²) in [5.41, 5.74) is 0.827. The lowest BCUT2D eigenvalue weighted by atomic mass is 10.1. The number of aromatic hydroxyl groups is 1. The van der Waals surface area contributed by atoms with Gasteiger partial charge >= 0.3 is 11.9 Å². The van der Waals surface area contributed by atoms with Crippen molar-refractivity contribution in [1.29, 1.82) is 0 Å². The number of nitrogens with one attached hydrogen (secondary N) is 2. The number of thioether (sulfide) groups is 1. The number of carboxylic acid groups (broad SMARTS) is 2. The third kappa shape index (κ3) is 9.05. The van der Waals surface area contributed by atoms with Crippen LogP contribution in [-0.2, 0) is 31.9 Å². The first-order valence-electron chi connectivity index (χ1n) is 11.9. The molecule has 0 bridgehead atoms. The predicted molar refractivity (Wildman–Crippen MR) is 152 cm³/mol. The summed E-state index contributed by atoms with van der Waals surface area (Å²) in [4.78, 5) is 47.6. The highest BCUT2D eigenvalue weighted by atomic mass is 35.5. The Morgan fingerprint density at radius 2 is 1.63 bits per heavy atom. The molecule has 5 N–H and O–H groups in total. The molecule has 216 valence electrons. The summed E-state index contributed by atoms with van der Waals surface area (Å²) in [6.45, 7) is -0.198. The van der Waals surface area contributed by atoms with Crippen molar-refractivity contribution in [3.8, 4) is 5.75 Å². The van der Waals surface area contributed by atoms with E-state index in [1.165, 1.54) is 36.0 Å². The molecule has 0 saturated carbocycles. The van der Waals surface area contributed by atoms with Crippen LogP contribution in [0, 0.1) is 0 Å². The van der Waals surface area contributed by atoms with Crippen LogP contribution < -0.4 is 10.0 Å². The van der Waals surface area contributed by atoms with Crippen LogP contribution in [0.25, 0.3) is 0 Å². The van der Waals surface area contributed by atoms with Crippen molar-refractivity contribution in [3.63, 3.8) is 0 Å². The van der Waals surface area contributed by atoms with Gasteiger partial charge in [0.05, 0.1) is 23.1 Å². The number of halogens is 1. The number of phenols is 1. The number of carbonyl (C=O) groups is 4. The number of carboxylic acids is 2. The molecule has 0 aromatic heterocycles. The van der Waals surface area contributed by atoms with Crippen LogP contribution in [0.2, 0.25) is 5.02 Å². The van der Waals surface area contributed by atoms with Gasteiger partial charge in [-0.2, -0.15) is 0 Å². The van der Waals surface area contributed by atoms with E-state index in [4.69, 9.17) is 16.7 Å². The van der Waals surface area contributed by atoms with Crippen LogP contribution >= 0.6 is 23.4 Å². The Morgan fingerprint density at radius 3 is 2.27 bits per heavy atom. The topological polar surface area (TPSA) is 187 Å². The van der Waals surface area contributed by atoms with Gasteiger partial charge in [0.2, 0.25) is 10.0 Å². The molecule has 3 aromatic carbocycles. The average molecular weight is 621 g/mol. The second-order valence-corrected chi connectivity index (χ2v) is 11.8. The molecule has 1 amide bonds. The van der Waals surface area contributed by atoms with Crippen molar-refractivity contribution in [2.75, 3.05) is 5.75 Å². The summed E-state index contributed by atoms with van der Waals surface area (Å²) in [5.74, 6) is -4.09. The van der Waals surface area contributed by atoms with Gasteiger partial charge in [0, 0.05) is 22.9 Å². The molecule has 3 aromatic rings. The second kappa shape index (κ2) is 14.1. The molecule has 0 fully saturated rings. The number of hydrogen-bond donors (Lipinski definition) is 5. The quantitative estimate of drug-likeness (QED) is 0.179. The van der Waals surface area contributed by atoms with Crippen LogP contribution in [0.3, 0.4) is 0 Å². The largest absolute Gasteiger partial charge is 0.507 e. The molecule has 0 aliphatic rings. The smallest absolute Gasteiger partial charge is 0.339 e. The third-order valence-electron chi connectivity index (χ3n) is 5.72. The summed E-state index contributed by atoms with van der Waals surface area (Å²) in [6.07, 6.45) is -0.599. The van der Waals surface area contributed by atoms with Crippen molar-refractivity contribution in [1.82, 2.24) is 10.0 Å². The average Bonchev–Trinajstić information content (AvgIpc) is 2.92. The van der Waals surface area contributed by atoms with Crippen molar-refractivity contribution >= 4 is 57.0 Å². The third-order valence-corrected chi connectivity index (χ3v) is 8.50. The summed E-state index contributed by atoms with van der Waals surface area (Å²) < 4.78 is 27.5. The van der Waals surface area contributed by atoms with Crippen LogP contribution in [0.1, 0.15) is 38.3 Å². The number of amides is 1. The SMILES string of the molecule is O=C(O)C[C@H](NC(=O)c1ccc(CNS(=O)(=O)c2ccc(O)c(C(=O)O)c2)cc1)C(=O)CSCc1ccccc1Cl. The zero-order valence-electron chi connectivity index (χ0n) is 21.2. The molecule has 41 heavy (non-hydrogen) atoms. The molecule has 0 saturated heterocycles. The fraction of sp³-hybridized carbons (Fsp3) is 0.185.